The summed E-state index contributed by atoms with van der Waals surface area (Å²) in [5, 5.41) is 8.71. The monoisotopic (exact) mass is 358 g/mol. The first-order chi connectivity index (χ1) is 11.1. The van der Waals surface area contributed by atoms with Crippen molar-refractivity contribution in [3.05, 3.63) is 24.3 Å². The Balaban J connectivity index is 2.71. The van der Waals surface area contributed by atoms with Crippen molar-refractivity contribution in [1.29, 1.82) is 0 Å². The molecule has 0 saturated heterocycles. The van der Waals surface area contributed by atoms with Gasteiger partial charge in [0.25, 0.3) is 0 Å². The first-order valence-corrected chi connectivity index (χ1v) is 9.05. The van der Waals surface area contributed by atoms with E-state index in [-0.39, 0.29) is 12.6 Å². The minimum atomic E-state index is -3.94. The third kappa shape index (κ3) is 6.86. The molecule has 1 aromatic rings. The van der Waals surface area contributed by atoms with Crippen LogP contribution in [0.2, 0.25) is 0 Å². The maximum atomic E-state index is 12.0. The number of nitrogens with zero attached hydrogens (tertiary/aromatic N) is 1. The molecule has 0 radical (unpaired) electrons. The summed E-state index contributed by atoms with van der Waals surface area (Å²) >= 11 is 0. The summed E-state index contributed by atoms with van der Waals surface area (Å²) in [6.07, 6.45) is -0.000532. The molecule has 1 amide bonds. The Morgan fingerprint density at radius 3 is 2.29 bits per heavy atom. The summed E-state index contributed by atoms with van der Waals surface area (Å²) in [5.74, 6) is -2.19. The zero-order chi connectivity index (χ0) is 18.3. The highest BCUT2D eigenvalue weighted by Gasteiger charge is 2.22. The Labute approximate surface area is 141 Å². The normalized spacial score (nSPS) is 11.2. The number of rotatable bonds is 9. The van der Waals surface area contributed by atoms with Crippen LogP contribution in [0.25, 0.3) is 0 Å². The van der Waals surface area contributed by atoms with Gasteiger partial charge in [-0.1, -0.05) is 0 Å². The van der Waals surface area contributed by atoms with Gasteiger partial charge in [-0.3, -0.25) is 14.3 Å². The Kier molecular flexibility index (Phi) is 7.02. The van der Waals surface area contributed by atoms with Gasteiger partial charge in [-0.15, -0.1) is 0 Å². The summed E-state index contributed by atoms with van der Waals surface area (Å²) in [4.78, 5) is 23.5. The van der Waals surface area contributed by atoms with Gasteiger partial charge in [0.15, 0.2) is 0 Å². The molecule has 0 aromatic heterocycles. The minimum Gasteiger partial charge on any atom is -0.491 e. The average Bonchev–Trinajstić information content (AvgIpc) is 2.45. The van der Waals surface area contributed by atoms with Crippen molar-refractivity contribution >= 4 is 27.6 Å². The van der Waals surface area contributed by atoms with Crippen LogP contribution in [0, 0.1) is 0 Å². The summed E-state index contributed by atoms with van der Waals surface area (Å²) in [7, 11) is -3.94. The minimum absolute atomic E-state index is 0.000532. The lowest BCUT2D eigenvalue weighted by molar-refractivity contribution is -0.143. The van der Waals surface area contributed by atoms with Crippen LogP contribution in [0.5, 0.6) is 5.75 Å². The maximum Gasteiger partial charge on any atom is 0.323 e. The molecule has 0 saturated carbocycles. The summed E-state index contributed by atoms with van der Waals surface area (Å²) < 4.78 is 31.8. The number of ether oxygens (including phenoxy) is 1. The maximum absolute atomic E-state index is 12.0. The zero-order valence-electron chi connectivity index (χ0n) is 13.9. The number of hydrogen-bond donors (Lipinski definition) is 2. The van der Waals surface area contributed by atoms with Crippen molar-refractivity contribution in [2.24, 2.45) is 0 Å². The van der Waals surface area contributed by atoms with Crippen molar-refractivity contribution < 1.29 is 27.9 Å². The highest BCUT2D eigenvalue weighted by Crippen LogP contribution is 2.18. The van der Waals surface area contributed by atoms with Crippen LogP contribution >= 0.6 is 0 Å². The second kappa shape index (κ2) is 8.53. The van der Waals surface area contributed by atoms with Gasteiger partial charge in [-0.25, -0.2) is 8.42 Å². The van der Waals surface area contributed by atoms with Gasteiger partial charge >= 0.3 is 5.97 Å². The standard InChI is InChI=1S/C15H22N2O6S/c1-4-17(9-15(19)20)14(18)10-24(21,22)16-12-5-7-13(8-6-12)23-11(2)3/h5-8,11,16H,4,9-10H2,1-3H3,(H,19,20). The number of benzene rings is 1. The first-order valence-electron chi connectivity index (χ1n) is 7.39. The quantitative estimate of drug-likeness (QED) is 0.685. The molecular weight excluding hydrogens is 336 g/mol. The predicted octanol–water partition coefficient (Wildman–Crippen LogP) is 1.15. The molecule has 0 aliphatic carbocycles. The van der Waals surface area contributed by atoms with Crippen LogP contribution in [-0.2, 0) is 19.6 Å². The fourth-order valence-corrected chi connectivity index (χ4v) is 2.96. The van der Waals surface area contributed by atoms with Gasteiger partial charge in [-0.05, 0) is 45.0 Å². The number of hydrogen-bond acceptors (Lipinski definition) is 5. The Morgan fingerprint density at radius 2 is 1.83 bits per heavy atom. The van der Waals surface area contributed by atoms with Crippen molar-refractivity contribution in [3.63, 3.8) is 0 Å². The van der Waals surface area contributed by atoms with Crippen LogP contribution < -0.4 is 9.46 Å². The van der Waals surface area contributed by atoms with E-state index in [4.69, 9.17) is 9.84 Å². The molecule has 9 heteroatoms. The van der Waals surface area contributed by atoms with Gasteiger partial charge in [0.1, 0.15) is 18.0 Å². The van der Waals surface area contributed by atoms with Crippen LogP contribution in [0.4, 0.5) is 5.69 Å². The number of carbonyl (C=O) groups is 2. The smallest absolute Gasteiger partial charge is 0.323 e. The molecule has 134 valence electrons. The molecule has 1 aromatic carbocycles. The molecule has 0 unspecified atom stereocenters. The predicted molar refractivity (Wildman–Crippen MR) is 89.5 cm³/mol. The molecule has 0 aliphatic heterocycles. The number of amides is 1. The van der Waals surface area contributed by atoms with E-state index in [1.165, 1.54) is 12.1 Å². The van der Waals surface area contributed by atoms with Crippen molar-refractivity contribution in [2.75, 3.05) is 23.6 Å². The van der Waals surface area contributed by atoms with Gasteiger partial charge < -0.3 is 14.7 Å². The molecule has 2 N–H and O–H groups in total. The number of likely N-dealkylation sites (N-methyl/N-ethyl adjacent to an activating group) is 1. The molecule has 0 bridgehead atoms. The number of carboxylic acids is 1. The zero-order valence-corrected chi connectivity index (χ0v) is 14.7. The lowest BCUT2D eigenvalue weighted by Crippen LogP contribution is -2.40. The second-order valence-electron chi connectivity index (χ2n) is 5.35. The van der Waals surface area contributed by atoms with Crippen molar-refractivity contribution in [2.45, 2.75) is 26.9 Å². The highest BCUT2D eigenvalue weighted by atomic mass is 32.2. The molecular formula is C15H22N2O6S. The summed E-state index contributed by atoms with van der Waals surface area (Å²) in [6, 6.07) is 6.27. The Morgan fingerprint density at radius 1 is 1.25 bits per heavy atom. The molecule has 0 aliphatic rings. The fraction of sp³-hybridized carbons (Fsp3) is 0.467. The van der Waals surface area contributed by atoms with Crippen LogP contribution in [0.1, 0.15) is 20.8 Å². The average molecular weight is 358 g/mol. The Hall–Kier alpha value is -2.29. The van der Waals surface area contributed by atoms with Crippen LogP contribution in [0.3, 0.4) is 0 Å². The second-order valence-corrected chi connectivity index (χ2v) is 7.08. The number of nitrogens with one attached hydrogen (secondary N) is 1. The van der Waals surface area contributed by atoms with Crippen molar-refractivity contribution in [1.82, 2.24) is 4.90 Å². The van der Waals surface area contributed by atoms with Crippen LogP contribution in [0.15, 0.2) is 24.3 Å². The van der Waals surface area contributed by atoms with E-state index in [1.807, 2.05) is 13.8 Å². The lowest BCUT2D eigenvalue weighted by atomic mass is 10.3. The molecule has 0 fully saturated rings. The third-order valence-corrected chi connectivity index (χ3v) is 4.05. The molecule has 8 nitrogen and oxygen atoms in total. The van der Waals surface area contributed by atoms with Gasteiger partial charge in [0.2, 0.25) is 15.9 Å². The lowest BCUT2D eigenvalue weighted by Gasteiger charge is -2.18. The summed E-state index contributed by atoms with van der Waals surface area (Å²) in [6.45, 7) is 4.90. The van der Waals surface area contributed by atoms with E-state index in [2.05, 4.69) is 4.72 Å². The van der Waals surface area contributed by atoms with E-state index >= 15 is 0 Å². The van der Waals surface area contributed by atoms with E-state index in [9.17, 15) is 18.0 Å². The highest BCUT2D eigenvalue weighted by molar-refractivity contribution is 7.93. The Bertz CT molecular complexity index is 670. The van der Waals surface area contributed by atoms with E-state index in [0.717, 1.165) is 4.90 Å². The number of sulfonamides is 1. The summed E-state index contributed by atoms with van der Waals surface area (Å²) in [5.41, 5.74) is 0.292. The van der Waals surface area contributed by atoms with Crippen molar-refractivity contribution in [3.8, 4) is 5.75 Å². The third-order valence-electron chi connectivity index (χ3n) is 2.87. The number of carbonyl (C=O) groups excluding carboxylic acids is 1. The molecule has 0 spiro atoms. The van der Waals surface area contributed by atoms with Gasteiger partial charge in [0.05, 0.1) is 6.10 Å². The number of carboxylic acid groups (broad SMARTS) is 1. The van der Waals surface area contributed by atoms with E-state index < -0.39 is 34.2 Å². The topological polar surface area (TPSA) is 113 Å². The molecule has 0 heterocycles. The van der Waals surface area contributed by atoms with E-state index in [0.29, 0.717) is 11.4 Å². The SMILES string of the molecule is CCN(CC(=O)O)C(=O)CS(=O)(=O)Nc1ccc(OC(C)C)cc1. The molecule has 24 heavy (non-hydrogen) atoms. The number of aliphatic carboxylic acids is 1. The van der Waals surface area contributed by atoms with E-state index in [1.54, 1.807) is 19.1 Å². The fourth-order valence-electron chi connectivity index (χ4n) is 1.88. The first kappa shape index (κ1) is 19.8. The molecule has 1 rings (SSSR count). The van der Waals surface area contributed by atoms with Gasteiger partial charge in [0, 0.05) is 12.2 Å². The van der Waals surface area contributed by atoms with Crippen LogP contribution in [-0.4, -0.2) is 55.2 Å². The molecule has 0 atom stereocenters. The largest absolute Gasteiger partial charge is 0.491 e. The van der Waals surface area contributed by atoms with Gasteiger partial charge in [-0.2, -0.15) is 0 Å². The number of anilines is 1.